The summed E-state index contributed by atoms with van der Waals surface area (Å²) in [4.78, 5) is 18.8. The molecule has 1 fully saturated rings. The molecular weight excluding hydrogens is 302 g/mol. The highest BCUT2D eigenvalue weighted by molar-refractivity contribution is 6.03. The molecule has 0 bridgehead atoms. The van der Waals surface area contributed by atoms with Crippen molar-refractivity contribution in [3.63, 3.8) is 0 Å². The first-order valence-corrected chi connectivity index (χ1v) is 8.04. The molecule has 120 valence electrons. The predicted octanol–water partition coefficient (Wildman–Crippen LogP) is 2.88. The third-order valence-corrected chi connectivity index (χ3v) is 4.16. The number of nitrogens with zero attached hydrogens (tertiary/aromatic N) is 4. The summed E-state index contributed by atoms with van der Waals surface area (Å²) in [6.07, 6.45) is 4.00. The fourth-order valence-electron chi connectivity index (χ4n) is 2.90. The van der Waals surface area contributed by atoms with E-state index in [0.29, 0.717) is 11.4 Å². The van der Waals surface area contributed by atoms with Crippen LogP contribution in [0, 0.1) is 0 Å². The maximum atomic E-state index is 12.3. The second kappa shape index (κ2) is 6.23. The van der Waals surface area contributed by atoms with Crippen LogP contribution in [0.3, 0.4) is 0 Å². The number of nitrogens with one attached hydrogen (secondary N) is 1. The zero-order valence-electron chi connectivity index (χ0n) is 13.1. The normalized spacial score (nSPS) is 14.1. The topological polar surface area (TPSA) is 71.0 Å². The second-order valence-electron chi connectivity index (χ2n) is 5.84. The van der Waals surface area contributed by atoms with E-state index in [1.807, 2.05) is 36.4 Å². The molecule has 1 aliphatic rings. The summed E-state index contributed by atoms with van der Waals surface area (Å²) in [6.45, 7) is 2.01. The summed E-state index contributed by atoms with van der Waals surface area (Å²) >= 11 is 0. The number of anilines is 2. The van der Waals surface area contributed by atoms with Crippen LogP contribution in [0.1, 0.15) is 23.3 Å². The van der Waals surface area contributed by atoms with Gasteiger partial charge in [-0.2, -0.15) is 0 Å². The molecule has 0 atom stereocenters. The van der Waals surface area contributed by atoms with Gasteiger partial charge < -0.3 is 10.2 Å². The summed E-state index contributed by atoms with van der Waals surface area (Å²) < 4.78 is 0. The molecule has 24 heavy (non-hydrogen) atoms. The Morgan fingerprint density at radius 1 is 1.04 bits per heavy atom. The largest absolute Gasteiger partial charge is 0.355 e. The first-order chi connectivity index (χ1) is 11.8. The summed E-state index contributed by atoms with van der Waals surface area (Å²) in [7, 11) is 0. The zero-order chi connectivity index (χ0) is 16.4. The number of benzene rings is 1. The highest BCUT2D eigenvalue weighted by Gasteiger charge is 2.15. The molecule has 0 saturated carbocycles. The Bertz CT molecular complexity index is 872. The molecule has 1 saturated heterocycles. The first-order valence-electron chi connectivity index (χ1n) is 8.04. The SMILES string of the molecule is O=C(Nc1cnc2ccccc2c1)c1ccc(N2CCCC2)nn1. The van der Waals surface area contributed by atoms with E-state index in [0.717, 1.165) is 29.8 Å². The standard InChI is InChI=1S/C18H17N5O/c24-18(16-7-8-17(22-21-16)23-9-3-4-10-23)20-14-11-13-5-1-2-6-15(13)19-12-14/h1-2,5-8,11-12H,3-4,9-10H2,(H,20,24). The summed E-state index contributed by atoms with van der Waals surface area (Å²) in [5, 5.41) is 12.0. The van der Waals surface area contributed by atoms with Crippen LogP contribution >= 0.6 is 0 Å². The van der Waals surface area contributed by atoms with Gasteiger partial charge in [-0.1, -0.05) is 18.2 Å². The van der Waals surface area contributed by atoms with E-state index in [9.17, 15) is 4.79 Å². The minimum atomic E-state index is -0.285. The number of fused-ring (bicyclic) bond motifs is 1. The minimum absolute atomic E-state index is 0.285. The number of hydrogen-bond acceptors (Lipinski definition) is 5. The van der Waals surface area contributed by atoms with Gasteiger partial charge in [0.1, 0.15) is 0 Å². The van der Waals surface area contributed by atoms with Gasteiger partial charge in [-0.25, -0.2) is 0 Å². The predicted molar refractivity (Wildman–Crippen MR) is 93.2 cm³/mol. The molecule has 1 aliphatic heterocycles. The molecule has 4 rings (SSSR count). The summed E-state index contributed by atoms with van der Waals surface area (Å²) in [5.41, 5.74) is 1.83. The number of rotatable bonds is 3. The molecule has 3 aromatic rings. The molecule has 0 unspecified atom stereocenters. The van der Waals surface area contributed by atoms with Crippen molar-refractivity contribution in [1.29, 1.82) is 0 Å². The van der Waals surface area contributed by atoms with E-state index < -0.39 is 0 Å². The van der Waals surface area contributed by atoms with Gasteiger partial charge in [0.25, 0.3) is 5.91 Å². The van der Waals surface area contributed by atoms with Gasteiger partial charge in [0, 0.05) is 18.5 Å². The van der Waals surface area contributed by atoms with Gasteiger partial charge in [-0.3, -0.25) is 9.78 Å². The highest BCUT2D eigenvalue weighted by atomic mass is 16.1. The fourth-order valence-corrected chi connectivity index (χ4v) is 2.90. The molecule has 0 aliphatic carbocycles. The van der Waals surface area contributed by atoms with Crippen molar-refractivity contribution in [2.75, 3.05) is 23.3 Å². The van der Waals surface area contributed by atoms with Crippen molar-refractivity contribution < 1.29 is 4.79 Å². The summed E-state index contributed by atoms with van der Waals surface area (Å²) in [6, 6.07) is 13.2. The molecule has 1 amide bonds. The van der Waals surface area contributed by atoms with Gasteiger partial charge in [0.2, 0.25) is 0 Å². The van der Waals surface area contributed by atoms with Gasteiger partial charge in [0.05, 0.1) is 17.4 Å². The third kappa shape index (κ3) is 2.90. The van der Waals surface area contributed by atoms with Crippen LogP contribution in [0.15, 0.2) is 48.7 Å². The Morgan fingerprint density at radius 2 is 1.88 bits per heavy atom. The average molecular weight is 319 g/mol. The van der Waals surface area contributed by atoms with E-state index in [1.165, 1.54) is 12.8 Å². The average Bonchev–Trinajstić information content (AvgIpc) is 3.16. The number of para-hydroxylation sites is 1. The number of hydrogen-bond donors (Lipinski definition) is 1. The zero-order valence-corrected chi connectivity index (χ0v) is 13.1. The van der Waals surface area contributed by atoms with Crippen molar-refractivity contribution in [3.8, 4) is 0 Å². The number of amides is 1. The van der Waals surface area contributed by atoms with Crippen LogP contribution in [0.4, 0.5) is 11.5 Å². The first kappa shape index (κ1) is 14.6. The van der Waals surface area contributed by atoms with Gasteiger partial charge in [-0.15, -0.1) is 10.2 Å². The molecule has 0 spiro atoms. The maximum absolute atomic E-state index is 12.3. The Labute approximate surface area is 139 Å². The lowest BCUT2D eigenvalue weighted by Gasteiger charge is -2.15. The third-order valence-electron chi connectivity index (χ3n) is 4.16. The molecule has 1 N–H and O–H groups in total. The molecule has 0 radical (unpaired) electrons. The fraction of sp³-hybridized carbons (Fsp3) is 0.222. The monoisotopic (exact) mass is 319 g/mol. The lowest BCUT2D eigenvalue weighted by molar-refractivity contribution is 0.102. The van der Waals surface area contributed by atoms with Gasteiger partial charge >= 0.3 is 0 Å². The number of pyridine rings is 1. The van der Waals surface area contributed by atoms with E-state index in [4.69, 9.17) is 0 Å². The molecule has 1 aromatic carbocycles. The molecule has 6 nitrogen and oxygen atoms in total. The van der Waals surface area contributed by atoms with Crippen molar-refractivity contribution in [1.82, 2.24) is 15.2 Å². The maximum Gasteiger partial charge on any atom is 0.276 e. The Hall–Kier alpha value is -3.02. The second-order valence-corrected chi connectivity index (χ2v) is 5.84. The van der Waals surface area contributed by atoms with E-state index in [-0.39, 0.29) is 5.91 Å². The number of aromatic nitrogens is 3. The molecular formula is C18H17N5O. The van der Waals surface area contributed by atoms with Gasteiger partial charge in [-0.05, 0) is 37.1 Å². The molecule has 3 heterocycles. The van der Waals surface area contributed by atoms with Gasteiger partial charge in [0.15, 0.2) is 11.5 Å². The summed E-state index contributed by atoms with van der Waals surface area (Å²) in [5.74, 6) is 0.545. The van der Waals surface area contributed by atoms with Crippen LogP contribution in [0.25, 0.3) is 10.9 Å². The lowest BCUT2D eigenvalue weighted by Crippen LogP contribution is -2.21. The van der Waals surface area contributed by atoms with Crippen LogP contribution in [-0.2, 0) is 0 Å². The quantitative estimate of drug-likeness (QED) is 0.804. The Balaban J connectivity index is 1.50. The number of carbonyl (C=O) groups is 1. The Morgan fingerprint density at radius 3 is 2.67 bits per heavy atom. The van der Waals surface area contributed by atoms with Crippen LogP contribution < -0.4 is 10.2 Å². The minimum Gasteiger partial charge on any atom is -0.355 e. The van der Waals surface area contributed by atoms with Crippen molar-refractivity contribution in [3.05, 3.63) is 54.4 Å². The smallest absolute Gasteiger partial charge is 0.276 e. The van der Waals surface area contributed by atoms with Crippen molar-refractivity contribution in [2.24, 2.45) is 0 Å². The van der Waals surface area contributed by atoms with E-state index in [1.54, 1.807) is 12.3 Å². The lowest BCUT2D eigenvalue weighted by atomic mass is 10.2. The van der Waals surface area contributed by atoms with Crippen LogP contribution in [0.5, 0.6) is 0 Å². The molecule has 6 heteroatoms. The van der Waals surface area contributed by atoms with E-state index in [2.05, 4.69) is 25.4 Å². The number of carbonyl (C=O) groups excluding carboxylic acids is 1. The van der Waals surface area contributed by atoms with E-state index >= 15 is 0 Å². The highest BCUT2D eigenvalue weighted by Crippen LogP contribution is 2.18. The van der Waals surface area contributed by atoms with Crippen molar-refractivity contribution >= 4 is 28.3 Å². The Kier molecular flexibility index (Phi) is 3.78. The van der Waals surface area contributed by atoms with Crippen LogP contribution in [-0.4, -0.2) is 34.2 Å². The van der Waals surface area contributed by atoms with Crippen LogP contribution in [0.2, 0.25) is 0 Å². The van der Waals surface area contributed by atoms with Crippen molar-refractivity contribution in [2.45, 2.75) is 12.8 Å². The molecule has 2 aromatic heterocycles.